The number of rotatable bonds is 4. The summed E-state index contributed by atoms with van der Waals surface area (Å²) >= 11 is 0. The Morgan fingerprint density at radius 2 is 1.52 bits per heavy atom. The number of aldehydes is 1. The maximum Gasteiger partial charge on any atom is 0.187 e. The predicted octanol–water partition coefficient (Wildman–Crippen LogP) is -5.19. The monoisotopic (exact) mass is 340 g/mol. The molecule has 10 atom stereocenters. The van der Waals surface area contributed by atoms with Gasteiger partial charge in [-0.15, -0.1) is 0 Å². The van der Waals surface area contributed by atoms with Crippen LogP contribution in [0.25, 0.3) is 0 Å². The molecule has 23 heavy (non-hydrogen) atoms. The van der Waals surface area contributed by atoms with E-state index in [1.54, 1.807) is 0 Å². The second-order valence-corrected chi connectivity index (χ2v) is 5.41. The second kappa shape index (κ2) is 7.44. The fourth-order valence-corrected chi connectivity index (χ4v) is 2.49. The van der Waals surface area contributed by atoms with Crippen LogP contribution in [0.2, 0.25) is 0 Å². The lowest BCUT2D eigenvalue weighted by atomic mass is 9.97. The lowest BCUT2D eigenvalue weighted by Crippen LogP contribution is -2.64. The van der Waals surface area contributed by atoms with E-state index in [0.29, 0.717) is 0 Å². The lowest BCUT2D eigenvalue weighted by molar-refractivity contribution is -0.349. The van der Waals surface area contributed by atoms with Crippen LogP contribution in [0.3, 0.4) is 0 Å². The normalized spacial score (nSPS) is 51.4. The molecule has 134 valence electrons. The molecule has 2 fully saturated rings. The molecule has 0 aromatic carbocycles. The third-order valence-electron chi connectivity index (χ3n) is 3.87. The maximum atomic E-state index is 10.8. The third kappa shape index (κ3) is 3.53. The van der Waals surface area contributed by atoms with Crippen molar-refractivity contribution in [2.24, 2.45) is 0 Å². The summed E-state index contributed by atoms with van der Waals surface area (Å²) in [6, 6.07) is 0. The van der Waals surface area contributed by atoms with E-state index in [9.17, 15) is 40.5 Å². The van der Waals surface area contributed by atoms with Crippen molar-refractivity contribution in [1.82, 2.24) is 0 Å². The topological polar surface area (TPSA) is 186 Å². The molecule has 0 amide bonds. The second-order valence-electron chi connectivity index (χ2n) is 5.41. The van der Waals surface area contributed by atoms with Crippen molar-refractivity contribution in [3.63, 3.8) is 0 Å². The molecule has 2 saturated heterocycles. The quantitative estimate of drug-likeness (QED) is 0.242. The van der Waals surface area contributed by atoms with E-state index in [2.05, 4.69) is 0 Å². The fraction of sp³-hybridized carbons (Fsp3) is 0.917. The maximum absolute atomic E-state index is 10.8. The van der Waals surface area contributed by atoms with Gasteiger partial charge in [-0.05, 0) is 0 Å². The minimum absolute atomic E-state index is 0.200. The van der Waals surface area contributed by atoms with Crippen molar-refractivity contribution < 1.29 is 54.8 Å². The summed E-state index contributed by atoms with van der Waals surface area (Å²) in [6.07, 6.45) is -16.0. The Labute approximate surface area is 130 Å². The zero-order valence-electron chi connectivity index (χ0n) is 11.8. The molecule has 11 heteroatoms. The van der Waals surface area contributed by atoms with Gasteiger partial charge in [0.1, 0.15) is 48.8 Å². The molecule has 2 aliphatic rings. The third-order valence-corrected chi connectivity index (χ3v) is 3.87. The predicted molar refractivity (Wildman–Crippen MR) is 67.6 cm³/mol. The van der Waals surface area contributed by atoms with Gasteiger partial charge >= 0.3 is 0 Å². The zero-order valence-corrected chi connectivity index (χ0v) is 11.8. The van der Waals surface area contributed by atoms with Gasteiger partial charge in [0.05, 0.1) is 6.61 Å². The number of hydrogen-bond donors (Lipinski definition) is 7. The van der Waals surface area contributed by atoms with Crippen LogP contribution in [0.4, 0.5) is 0 Å². The van der Waals surface area contributed by atoms with E-state index in [1.165, 1.54) is 0 Å². The molecule has 0 radical (unpaired) electrons. The van der Waals surface area contributed by atoms with Gasteiger partial charge in [-0.2, -0.15) is 0 Å². The number of ether oxygens (including phenoxy) is 3. The number of hydrogen-bond acceptors (Lipinski definition) is 11. The standard InChI is InChI=1S/C12H20O11/c13-1-3-5(15)6(16)9(19)12(22-3)23-10-4(2-14)21-11(20)8(18)7(10)17/h1,3-12,14-20H,2H2/t3-,4-,5+,6+,7-,8-,9-,10-,11?,12+/m1/s1. The molecular formula is C12H20O11. The van der Waals surface area contributed by atoms with Crippen molar-refractivity contribution >= 4 is 6.29 Å². The first kappa shape index (κ1) is 18.6. The first-order valence-electron chi connectivity index (χ1n) is 6.92. The van der Waals surface area contributed by atoms with Gasteiger partial charge in [-0.1, -0.05) is 0 Å². The summed E-state index contributed by atoms with van der Waals surface area (Å²) in [4.78, 5) is 10.8. The first-order valence-corrected chi connectivity index (χ1v) is 6.92. The van der Waals surface area contributed by atoms with Crippen LogP contribution in [0.15, 0.2) is 0 Å². The van der Waals surface area contributed by atoms with Crippen LogP contribution in [0.5, 0.6) is 0 Å². The van der Waals surface area contributed by atoms with Crippen LogP contribution < -0.4 is 0 Å². The van der Waals surface area contributed by atoms with Crippen LogP contribution in [0, 0.1) is 0 Å². The van der Waals surface area contributed by atoms with Gasteiger partial charge in [0.25, 0.3) is 0 Å². The summed E-state index contributed by atoms with van der Waals surface area (Å²) < 4.78 is 15.1. The summed E-state index contributed by atoms with van der Waals surface area (Å²) in [6.45, 7) is -0.698. The van der Waals surface area contributed by atoms with Gasteiger partial charge in [0.15, 0.2) is 18.9 Å². The van der Waals surface area contributed by atoms with Gasteiger partial charge in [-0.3, -0.25) is 0 Å². The Bertz CT molecular complexity index is 404. The first-order chi connectivity index (χ1) is 10.8. The molecule has 2 heterocycles. The van der Waals surface area contributed by atoms with Gasteiger partial charge < -0.3 is 54.8 Å². The molecule has 2 rings (SSSR count). The smallest absolute Gasteiger partial charge is 0.187 e. The molecule has 0 bridgehead atoms. The van der Waals surface area contributed by atoms with E-state index < -0.39 is 68.0 Å². The van der Waals surface area contributed by atoms with Crippen molar-refractivity contribution in [3.05, 3.63) is 0 Å². The highest BCUT2D eigenvalue weighted by molar-refractivity contribution is 5.57. The minimum Gasteiger partial charge on any atom is -0.394 e. The number of aliphatic hydroxyl groups is 7. The van der Waals surface area contributed by atoms with Crippen molar-refractivity contribution in [1.29, 1.82) is 0 Å². The Balaban J connectivity index is 2.13. The van der Waals surface area contributed by atoms with Gasteiger partial charge in [0.2, 0.25) is 0 Å². The molecule has 0 spiro atoms. The SMILES string of the molecule is O=C[C@H]1O[C@@H](O[C@H]2[C@H](O)[C@@H](O)C(O)O[C@@H]2CO)[C@H](O)[C@@H](O)[C@H]1O. The van der Waals surface area contributed by atoms with E-state index in [-0.39, 0.29) is 6.29 Å². The average Bonchev–Trinajstić information content (AvgIpc) is 2.55. The molecular weight excluding hydrogens is 320 g/mol. The van der Waals surface area contributed by atoms with E-state index >= 15 is 0 Å². The van der Waals surface area contributed by atoms with Crippen molar-refractivity contribution in [2.45, 2.75) is 61.4 Å². The Morgan fingerprint density at radius 1 is 0.870 bits per heavy atom. The van der Waals surface area contributed by atoms with Crippen LogP contribution >= 0.6 is 0 Å². The largest absolute Gasteiger partial charge is 0.394 e. The van der Waals surface area contributed by atoms with E-state index in [4.69, 9.17) is 14.2 Å². The van der Waals surface area contributed by atoms with Crippen LogP contribution in [0.1, 0.15) is 0 Å². The highest BCUT2D eigenvalue weighted by atomic mass is 16.7. The highest BCUT2D eigenvalue weighted by Crippen LogP contribution is 2.28. The summed E-state index contributed by atoms with van der Waals surface area (Å²) in [5, 5.41) is 67.2. The zero-order chi connectivity index (χ0) is 17.3. The van der Waals surface area contributed by atoms with Crippen molar-refractivity contribution in [2.75, 3.05) is 6.61 Å². The number of carbonyl (C=O) groups excluding carboxylic acids is 1. The number of carbonyl (C=O) groups is 1. The molecule has 2 aliphatic heterocycles. The van der Waals surface area contributed by atoms with Crippen LogP contribution in [-0.2, 0) is 19.0 Å². The lowest BCUT2D eigenvalue weighted by Gasteiger charge is -2.44. The highest BCUT2D eigenvalue weighted by Gasteiger charge is 2.50. The molecule has 1 unspecified atom stereocenters. The van der Waals surface area contributed by atoms with Crippen LogP contribution in [-0.4, -0.2) is 110 Å². The fourth-order valence-electron chi connectivity index (χ4n) is 2.49. The summed E-state index contributed by atoms with van der Waals surface area (Å²) in [7, 11) is 0. The molecule has 0 aromatic rings. The van der Waals surface area contributed by atoms with Gasteiger partial charge in [-0.25, -0.2) is 0 Å². The van der Waals surface area contributed by atoms with E-state index in [1.807, 2.05) is 0 Å². The Hall–Kier alpha value is -0.730. The molecule has 0 aromatic heterocycles. The summed E-state index contributed by atoms with van der Waals surface area (Å²) in [5.41, 5.74) is 0. The molecule has 0 saturated carbocycles. The van der Waals surface area contributed by atoms with Crippen molar-refractivity contribution in [3.8, 4) is 0 Å². The Kier molecular flexibility index (Phi) is 6.02. The summed E-state index contributed by atoms with van der Waals surface area (Å²) in [5.74, 6) is 0. The Morgan fingerprint density at radius 3 is 2.09 bits per heavy atom. The molecule has 11 nitrogen and oxygen atoms in total. The average molecular weight is 340 g/mol. The number of aliphatic hydroxyl groups excluding tert-OH is 7. The molecule has 7 N–H and O–H groups in total. The molecule has 0 aliphatic carbocycles. The van der Waals surface area contributed by atoms with Gasteiger partial charge in [0, 0.05) is 0 Å². The van der Waals surface area contributed by atoms with E-state index in [0.717, 1.165) is 0 Å². The minimum atomic E-state index is -1.77.